The van der Waals surface area contributed by atoms with Gasteiger partial charge in [0.2, 0.25) is 5.91 Å². The number of hydrogen-bond donors (Lipinski definition) is 2. The minimum Gasteiger partial charge on any atom is -0.273 e. The average molecular weight is 338 g/mol. The van der Waals surface area contributed by atoms with Gasteiger partial charge in [-0.25, -0.2) is 4.68 Å². The highest BCUT2D eigenvalue weighted by Gasteiger charge is 2.31. The zero-order valence-corrected chi connectivity index (χ0v) is 14.6. The molecule has 0 atom stereocenters. The molecule has 2 aliphatic rings. The number of carbonyl (C=O) groups excluding carboxylic acids is 2. The number of nitrogens with zero attached hydrogens (tertiary/aromatic N) is 2. The molecule has 1 fully saturated rings. The van der Waals surface area contributed by atoms with Crippen molar-refractivity contribution in [2.24, 2.45) is 5.92 Å². The second-order valence-electron chi connectivity index (χ2n) is 7.05. The first kappa shape index (κ1) is 15.9. The Morgan fingerprint density at radius 2 is 1.96 bits per heavy atom. The third-order valence-electron chi connectivity index (χ3n) is 4.97. The van der Waals surface area contributed by atoms with Gasteiger partial charge in [-0.2, -0.15) is 5.10 Å². The lowest BCUT2D eigenvalue weighted by molar-refractivity contribution is -0.123. The molecular weight excluding hydrogens is 316 g/mol. The number of aryl methyl sites for hydroxylation is 2. The lowest BCUT2D eigenvalue weighted by Gasteiger charge is -2.10. The Bertz CT molecular complexity index is 865. The summed E-state index contributed by atoms with van der Waals surface area (Å²) in [4.78, 5) is 24.3. The van der Waals surface area contributed by atoms with Crippen molar-refractivity contribution < 1.29 is 9.59 Å². The number of hydrogen-bond acceptors (Lipinski definition) is 3. The molecule has 6 heteroatoms. The molecule has 25 heavy (non-hydrogen) atoms. The van der Waals surface area contributed by atoms with Crippen LogP contribution in [0.3, 0.4) is 0 Å². The Balaban J connectivity index is 1.63. The molecule has 4 rings (SSSR count). The van der Waals surface area contributed by atoms with E-state index >= 15 is 0 Å². The van der Waals surface area contributed by atoms with Gasteiger partial charge in [0.1, 0.15) is 0 Å². The summed E-state index contributed by atoms with van der Waals surface area (Å²) in [7, 11) is 0. The first-order valence-electron chi connectivity index (χ1n) is 8.83. The van der Waals surface area contributed by atoms with E-state index in [0.717, 1.165) is 54.6 Å². The molecule has 1 saturated carbocycles. The fourth-order valence-electron chi connectivity index (χ4n) is 3.49. The SMILES string of the molecule is Cc1ccc(-n2nc(C(=O)NNC(=O)C3CC3)c3c2CCC3)c(C)c1. The first-order valence-corrected chi connectivity index (χ1v) is 8.83. The summed E-state index contributed by atoms with van der Waals surface area (Å²) in [5.41, 5.74) is 10.9. The lowest BCUT2D eigenvalue weighted by Crippen LogP contribution is -2.42. The van der Waals surface area contributed by atoms with E-state index in [0.29, 0.717) is 5.69 Å². The second kappa shape index (κ2) is 6.02. The van der Waals surface area contributed by atoms with Crippen molar-refractivity contribution in [3.63, 3.8) is 0 Å². The minimum atomic E-state index is -0.337. The summed E-state index contributed by atoms with van der Waals surface area (Å²) >= 11 is 0. The molecule has 2 amide bonds. The van der Waals surface area contributed by atoms with E-state index in [4.69, 9.17) is 0 Å². The fraction of sp³-hybridized carbons (Fsp3) is 0.421. The van der Waals surface area contributed by atoms with Crippen LogP contribution in [0, 0.1) is 19.8 Å². The Morgan fingerprint density at radius 3 is 2.68 bits per heavy atom. The number of fused-ring (bicyclic) bond motifs is 1. The van der Waals surface area contributed by atoms with Crippen molar-refractivity contribution in [3.05, 3.63) is 46.3 Å². The molecule has 2 aromatic rings. The average Bonchev–Trinajstić information content (AvgIpc) is 3.22. The number of nitrogens with one attached hydrogen (secondary N) is 2. The number of aromatic nitrogens is 2. The maximum absolute atomic E-state index is 12.5. The summed E-state index contributed by atoms with van der Waals surface area (Å²) in [5, 5.41) is 4.58. The summed E-state index contributed by atoms with van der Waals surface area (Å²) in [6.45, 7) is 4.12. The standard InChI is InChI=1S/C19H22N4O2/c1-11-6-9-15(12(2)10-11)23-16-5-3-4-14(16)17(22-23)19(25)21-20-18(24)13-7-8-13/h6,9-10,13H,3-5,7-8H2,1-2H3,(H,20,24)(H,21,25). The number of benzene rings is 1. The maximum atomic E-state index is 12.5. The van der Waals surface area contributed by atoms with Gasteiger partial charge in [-0.1, -0.05) is 17.7 Å². The van der Waals surface area contributed by atoms with Crippen LogP contribution in [0.15, 0.2) is 18.2 Å². The Hall–Kier alpha value is -2.63. The van der Waals surface area contributed by atoms with E-state index in [-0.39, 0.29) is 17.7 Å². The topological polar surface area (TPSA) is 76.0 Å². The van der Waals surface area contributed by atoms with Crippen LogP contribution >= 0.6 is 0 Å². The molecule has 0 unspecified atom stereocenters. The van der Waals surface area contributed by atoms with Crippen molar-refractivity contribution in [1.29, 1.82) is 0 Å². The second-order valence-corrected chi connectivity index (χ2v) is 7.05. The predicted molar refractivity (Wildman–Crippen MR) is 93.4 cm³/mol. The number of carbonyl (C=O) groups is 2. The van der Waals surface area contributed by atoms with Crippen LogP contribution in [0.5, 0.6) is 0 Å². The van der Waals surface area contributed by atoms with Gasteiger partial charge in [0.25, 0.3) is 5.91 Å². The van der Waals surface area contributed by atoms with E-state index in [1.807, 2.05) is 10.7 Å². The van der Waals surface area contributed by atoms with E-state index in [9.17, 15) is 9.59 Å². The molecule has 1 heterocycles. The van der Waals surface area contributed by atoms with Crippen LogP contribution in [0.2, 0.25) is 0 Å². The molecule has 130 valence electrons. The zero-order valence-electron chi connectivity index (χ0n) is 14.6. The molecule has 0 radical (unpaired) electrons. The van der Waals surface area contributed by atoms with Gasteiger partial charge in [-0.05, 0) is 57.6 Å². The normalized spacial score (nSPS) is 15.8. The molecular formula is C19H22N4O2. The van der Waals surface area contributed by atoms with Crippen molar-refractivity contribution >= 4 is 11.8 Å². The quantitative estimate of drug-likeness (QED) is 0.842. The summed E-state index contributed by atoms with van der Waals surface area (Å²) < 4.78 is 1.90. The number of hydrazine groups is 1. The maximum Gasteiger partial charge on any atom is 0.290 e. The van der Waals surface area contributed by atoms with E-state index in [2.05, 4.69) is 41.9 Å². The van der Waals surface area contributed by atoms with Crippen molar-refractivity contribution in [3.8, 4) is 5.69 Å². The molecule has 0 spiro atoms. The lowest BCUT2D eigenvalue weighted by atomic mass is 10.1. The highest BCUT2D eigenvalue weighted by Crippen LogP contribution is 2.30. The molecule has 0 aliphatic heterocycles. The van der Waals surface area contributed by atoms with Gasteiger partial charge in [-0.15, -0.1) is 0 Å². The summed E-state index contributed by atoms with van der Waals surface area (Å²) in [5.74, 6) is -0.395. The van der Waals surface area contributed by atoms with Crippen molar-refractivity contribution in [1.82, 2.24) is 20.6 Å². The van der Waals surface area contributed by atoms with Gasteiger partial charge in [-0.3, -0.25) is 20.4 Å². The summed E-state index contributed by atoms with van der Waals surface area (Å²) in [6.07, 6.45) is 4.58. The van der Waals surface area contributed by atoms with Crippen LogP contribution in [0.4, 0.5) is 0 Å². The molecule has 2 N–H and O–H groups in total. The molecule has 0 bridgehead atoms. The van der Waals surface area contributed by atoms with Crippen LogP contribution in [0.25, 0.3) is 5.69 Å². The van der Waals surface area contributed by atoms with E-state index in [1.165, 1.54) is 5.56 Å². The van der Waals surface area contributed by atoms with Crippen molar-refractivity contribution in [2.45, 2.75) is 46.0 Å². The van der Waals surface area contributed by atoms with Gasteiger partial charge < -0.3 is 0 Å². The third-order valence-corrected chi connectivity index (χ3v) is 4.97. The Labute approximate surface area is 146 Å². The van der Waals surface area contributed by atoms with Crippen molar-refractivity contribution in [2.75, 3.05) is 0 Å². The molecule has 1 aromatic carbocycles. The molecule has 6 nitrogen and oxygen atoms in total. The van der Waals surface area contributed by atoms with E-state index < -0.39 is 0 Å². The van der Waals surface area contributed by atoms with Gasteiger partial charge in [0.15, 0.2) is 5.69 Å². The predicted octanol–water partition coefficient (Wildman–Crippen LogP) is 2.15. The third kappa shape index (κ3) is 2.92. The minimum absolute atomic E-state index is 0.0544. The number of rotatable bonds is 3. The number of amides is 2. The molecule has 1 aromatic heterocycles. The fourth-order valence-corrected chi connectivity index (χ4v) is 3.49. The zero-order chi connectivity index (χ0) is 17.6. The Morgan fingerprint density at radius 1 is 1.16 bits per heavy atom. The smallest absolute Gasteiger partial charge is 0.273 e. The monoisotopic (exact) mass is 338 g/mol. The molecule has 2 aliphatic carbocycles. The van der Waals surface area contributed by atoms with Gasteiger partial charge in [0.05, 0.1) is 5.69 Å². The van der Waals surface area contributed by atoms with Crippen LogP contribution < -0.4 is 10.9 Å². The highest BCUT2D eigenvalue weighted by atomic mass is 16.2. The first-order chi connectivity index (χ1) is 12.0. The Kier molecular flexibility index (Phi) is 3.82. The van der Waals surface area contributed by atoms with Crippen LogP contribution in [-0.4, -0.2) is 21.6 Å². The van der Waals surface area contributed by atoms with Gasteiger partial charge in [0, 0.05) is 17.2 Å². The highest BCUT2D eigenvalue weighted by molar-refractivity contribution is 5.95. The molecule has 0 saturated heterocycles. The van der Waals surface area contributed by atoms with E-state index in [1.54, 1.807) is 0 Å². The van der Waals surface area contributed by atoms with Crippen LogP contribution in [-0.2, 0) is 17.6 Å². The summed E-state index contributed by atoms with van der Waals surface area (Å²) in [6, 6.07) is 6.22. The largest absolute Gasteiger partial charge is 0.290 e. The van der Waals surface area contributed by atoms with Crippen LogP contribution in [0.1, 0.15) is 52.1 Å². The van der Waals surface area contributed by atoms with Gasteiger partial charge >= 0.3 is 0 Å².